The molecule has 1 unspecified atom stereocenters. The number of rotatable bonds is 5. The molecule has 21 heavy (non-hydrogen) atoms. The van der Waals surface area contributed by atoms with Crippen molar-refractivity contribution < 1.29 is 14.3 Å². The zero-order valence-corrected chi connectivity index (χ0v) is 13.0. The third-order valence-corrected chi connectivity index (χ3v) is 3.75. The summed E-state index contributed by atoms with van der Waals surface area (Å²) < 4.78 is 13.4. The van der Waals surface area contributed by atoms with Gasteiger partial charge in [-0.15, -0.1) is 0 Å². The quantitative estimate of drug-likeness (QED) is 0.842. The van der Waals surface area contributed by atoms with Gasteiger partial charge in [0.25, 0.3) is 0 Å². The van der Waals surface area contributed by atoms with E-state index < -0.39 is 5.97 Å². The molecule has 0 saturated carbocycles. The van der Waals surface area contributed by atoms with Crippen LogP contribution in [0.25, 0.3) is 0 Å². The second kappa shape index (κ2) is 6.72. The van der Waals surface area contributed by atoms with Gasteiger partial charge in [0, 0.05) is 10.5 Å². The molecule has 2 aromatic carbocycles. The molecule has 2 rings (SSSR count). The highest BCUT2D eigenvalue weighted by Crippen LogP contribution is 2.25. The molecule has 0 saturated heterocycles. The summed E-state index contributed by atoms with van der Waals surface area (Å²) in [5.41, 5.74) is 1.76. The number of halogens is 2. The standard InChI is InChI=1S/C16H15BrFNO2/c1-10(9-11-5-7-12(18)8-6-11)19-14-4-2-3-13(17)15(14)16(20)21/h2-8,10,19H,9H2,1H3,(H,20,21). The van der Waals surface area contributed by atoms with Crippen molar-refractivity contribution in [3.8, 4) is 0 Å². The molecular formula is C16H15BrFNO2. The Bertz CT molecular complexity index is 643. The minimum absolute atomic E-state index is 0.0165. The summed E-state index contributed by atoms with van der Waals surface area (Å²) in [6, 6.07) is 11.5. The number of hydrogen-bond acceptors (Lipinski definition) is 2. The molecule has 0 radical (unpaired) electrons. The minimum Gasteiger partial charge on any atom is -0.478 e. The lowest BCUT2D eigenvalue weighted by atomic mass is 10.1. The predicted molar refractivity (Wildman–Crippen MR) is 84.3 cm³/mol. The van der Waals surface area contributed by atoms with Crippen LogP contribution in [-0.4, -0.2) is 17.1 Å². The van der Waals surface area contributed by atoms with Crippen LogP contribution in [0.1, 0.15) is 22.8 Å². The van der Waals surface area contributed by atoms with Crippen LogP contribution in [0.5, 0.6) is 0 Å². The summed E-state index contributed by atoms with van der Waals surface area (Å²) in [6.45, 7) is 1.95. The highest BCUT2D eigenvalue weighted by molar-refractivity contribution is 9.10. The number of aromatic carboxylic acids is 1. The molecule has 1 atom stereocenters. The molecule has 0 aliphatic carbocycles. The predicted octanol–water partition coefficient (Wildman–Crippen LogP) is 4.33. The monoisotopic (exact) mass is 351 g/mol. The first-order chi connectivity index (χ1) is 9.97. The first kappa shape index (κ1) is 15.5. The largest absolute Gasteiger partial charge is 0.478 e. The van der Waals surface area contributed by atoms with Gasteiger partial charge in [-0.25, -0.2) is 9.18 Å². The molecule has 3 nitrogen and oxygen atoms in total. The number of nitrogens with one attached hydrogen (secondary N) is 1. The van der Waals surface area contributed by atoms with Gasteiger partial charge in [-0.1, -0.05) is 18.2 Å². The van der Waals surface area contributed by atoms with E-state index in [0.29, 0.717) is 16.6 Å². The van der Waals surface area contributed by atoms with Crippen molar-refractivity contribution in [1.29, 1.82) is 0 Å². The van der Waals surface area contributed by atoms with E-state index in [1.807, 2.05) is 6.92 Å². The topological polar surface area (TPSA) is 49.3 Å². The summed E-state index contributed by atoms with van der Waals surface area (Å²) in [5, 5.41) is 12.5. The van der Waals surface area contributed by atoms with E-state index in [1.165, 1.54) is 12.1 Å². The van der Waals surface area contributed by atoms with Gasteiger partial charge in [-0.05, 0) is 59.1 Å². The first-order valence-corrected chi connectivity index (χ1v) is 7.29. The van der Waals surface area contributed by atoms with Crippen LogP contribution >= 0.6 is 15.9 Å². The molecule has 110 valence electrons. The lowest BCUT2D eigenvalue weighted by Gasteiger charge is -2.17. The summed E-state index contributed by atoms with van der Waals surface area (Å²) in [6.07, 6.45) is 0.672. The number of carboxylic acids is 1. The summed E-state index contributed by atoms with van der Waals surface area (Å²) >= 11 is 3.25. The van der Waals surface area contributed by atoms with Gasteiger partial charge in [0.15, 0.2) is 0 Å². The van der Waals surface area contributed by atoms with Gasteiger partial charge < -0.3 is 10.4 Å². The molecular weight excluding hydrogens is 337 g/mol. The van der Waals surface area contributed by atoms with E-state index in [9.17, 15) is 14.3 Å². The molecule has 5 heteroatoms. The average molecular weight is 352 g/mol. The van der Waals surface area contributed by atoms with Crippen LogP contribution < -0.4 is 5.32 Å². The molecule has 2 N–H and O–H groups in total. The number of hydrogen-bond donors (Lipinski definition) is 2. The Balaban J connectivity index is 2.13. The molecule has 0 heterocycles. The van der Waals surface area contributed by atoms with Crippen molar-refractivity contribution in [2.45, 2.75) is 19.4 Å². The SMILES string of the molecule is CC(Cc1ccc(F)cc1)Nc1cccc(Br)c1C(=O)O. The number of anilines is 1. The Morgan fingerprint density at radius 1 is 1.29 bits per heavy atom. The third-order valence-electron chi connectivity index (χ3n) is 3.08. The first-order valence-electron chi connectivity index (χ1n) is 6.50. The Labute approximate surface area is 130 Å². The highest BCUT2D eigenvalue weighted by Gasteiger charge is 2.15. The van der Waals surface area contributed by atoms with Gasteiger partial charge in [0.1, 0.15) is 5.82 Å². The van der Waals surface area contributed by atoms with Crippen molar-refractivity contribution >= 4 is 27.6 Å². The maximum Gasteiger partial charge on any atom is 0.338 e. The van der Waals surface area contributed by atoms with E-state index >= 15 is 0 Å². The van der Waals surface area contributed by atoms with Crippen molar-refractivity contribution in [1.82, 2.24) is 0 Å². The minimum atomic E-state index is -0.987. The fourth-order valence-electron chi connectivity index (χ4n) is 2.15. The summed E-state index contributed by atoms with van der Waals surface area (Å²) in [5.74, 6) is -1.25. The second-order valence-electron chi connectivity index (χ2n) is 4.84. The lowest BCUT2D eigenvalue weighted by molar-refractivity contribution is 0.0697. The molecule has 0 bridgehead atoms. The third kappa shape index (κ3) is 4.04. The average Bonchev–Trinajstić information content (AvgIpc) is 2.41. The Kier molecular flexibility index (Phi) is 4.96. The Morgan fingerprint density at radius 2 is 1.95 bits per heavy atom. The van der Waals surface area contributed by atoms with Crippen LogP contribution in [0, 0.1) is 5.82 Å². The van der Waals surface area contributed by atoms with Gasteiger partial charge >= 0.3 is 5.97 Å². The van der Waals surface area contributed by atoms with E-state index in [1.54, 1.807) is 30.3 Å². The highest BCUT2D eigenvalue weighted by atomic mass is 79.9. The van der Waals surface area contributed by atoms with Crippen molar-refractivity contribution in [2.24, 2.45) is 0 Å². The zero-order valence-electron chi connectivity index (χ0n) is 11.4. The van der Waals surface area contributed by atoms with Crippen LogP contribution in [0.15, 0.2) is 46.9 Å². The van der Waals surface area contributed by atoms with Gasteiger partial charge in [-0.2, -0.15) is 0 Å². The van der Waals surface area contributed by atoms with Crippen molar-refractivity contribution in [3.63, 3.8) is 0 Å². The molecule has 0 aliphatic heterocycles. The lowest BCUT2D eigenvalue weighted by Crippen LogP contribution is -2.20. The van der Waals surface area contributed by atoms with Crippen LogP contribution in [0.2, 0.25) is 0 Å². The van der Waals surface area contributed by atoms with Crippen molar-refractivity contribution in [3.05, 3.63) is 63.9 Å². The maximum atomic E-state index is 12.9. The normalized spacial score (nSPS) is 12.0. The molecule has 0 aromatic heterocycles. The zero-order chi connectivity index (χ0) is 15.4. The van der Waals surface area contributed by atoms with E-state index in [2.05, 4.69) is 21.2 Å². The number of carboxylic acid groups (broad SMARTS) is 1. The van der Waals surface area contributed by atoms with Gasteiger partial charge in [-0.3, -0.25) is 0 Å². The molecule has 2 aromatic rings. The van der Waals surface area contributed by atoms with E-state index in [-0.39, 0.29) is 17.4 Å². The Hall–Kier alpha value is -1.88. The maximum absolute atomic E-state index is 12.9. The molecule has 0 spiro atoms. The van der Waals surface area contributed by atoms with Crippen LogP contribution in [0.3, 0.4) is 0 Å². The van der Waals surface area contributed by atoms with Crippen LogP contribution in [-0.2, 0) is 6.42 Å². The molecule has 0 aliphatic rings. The fourth-order valence-corrected chi connectivity index (χ4v) is 2.69. The van der Waals surface area contributed by atoms with Gasteiger partial charge in [0.2, 0.25) is 0 Å². The Morgan fingerprint density at radius 3 is 2.57 bits per heavy atom. The van der Waals surface area contributed by atoms with E-state index in [4.69, 9.17) is 0 Å². The van der Waals surface area contributed by atoms with E-state index in [0.717, 1.165) is 5.56 Å². The smallest absolute Gasteiger partial charge is 0.338 e. The van der Waals surface area contributed by atoms with Crippen molar-refractivity contribution in [2.75, 3.05) is 5.32 Å². The van der Waals surface area contributed by atoms with Gasteiger partial charge in [0.05, 0.1) is 11.3 Å². The number of carbonyl (C=O) groups is 1. The summed E-state index contributed by atoms with van der Waals surface area (Å²) in [7, 11) is 0. The summed E-state index contributed by atoms with van der Waals surface area (Å²) in [4.78, 5) is 11.3. The second-order valence-corrected chi connectivity index (χ2v) is 5.70. The number of benzene rings is 2. The molecule has 0 fully saturated rings. The molecule has 0 amide bonds. The fraction of sp³-hybridized carbons (Fsp3) is 0.188. The van der Waals surface area contributed by atoms with Crippen LogP contribution in [0.4, 0.5) is 10.1 Å².